The average molecular weight is 320 g/mol. The Labute approximate surface area is 138 Å². The lowest BCUT2D eigenvalue weighted by atomic mass is 10.0. The molecule has 0 saturated carbocycles. The number of fused-ring (bicyclic) bond motifs is 1. The lowest BCUT2D eigenvalue weighted by Crippen LogP contribution is -1.90. The smallest absolute Gasteiger partial charge is 0.231 e. The summed E-state index contributed by atoms with van der Waals surface area (Å²) in [5.74, 6) is 0.918. The molecule has 1 N–H and O–H groups in total. The number of phenolic OH excluding ortho intramolecular Hbond substituents is 1. The van der Waals surface area contributed by atoms with E-state index in [4.69, 9.17) is 4.42 Å². The summed E-state index contributed by atoms with van der Waals surface area (Å²) in [5.41, 5.74) is 4.01. The third-order valence-corrected chi connectivity index (χ3v) is 4.01. The number of hydrogen-bond acceptors (Lipinski definition) is 5. The Morgan fingerprint density at radius 1 is 1.04 bits per heavy atom. The summed E-state index contributed by atoms with van der Waals surface area (Å²) in [5, 5.41) is 17.9. The van der Waals surface area contributed by atoms with Gasteiger partial charge in [-0.05, 0) is 35.7 Å². The summed E-state index contributed by atoms with van der Waals surface area (Å²) in [6.45, 7) is 4.27. The van der Waals surface area contributed by atoms with Crippen LogP contribution in [0.3, 0.4) is 0 Å². The summed E-state index contributed by atoms with van der Waals surface area (Å²) in [6, 6.07) is 11.2. The normalized spacial score (nSPS) is 11.5. The van der Waals surface area contributed by atoms with Crippen LogP contribution in [0.5, 0.6) is 5.75 Å². The molecule has 0 aliphatic rings. The van der Waals surface area contributed by atoms with E-state index in [9.17, 15) is 5.11 Å². The highest BCUT2D eigenvalue weighted by molar-refractivity contribution is 5.78. The fourth-order valence-corrected chi connectivity index (χ4v) is 2.61. The standard InChI is InChI=1S/C18H16N4O2/c1-11(2)12-3-6-17-15(7-12)21-18(24-17)14-5-4-13(8-16(14)23)22-9-19-20-10-22/h3-11,23H,1-2H3. The quantitative estimate of drug-likeness (QED) is 0.619. The van der Waals surface area contributed by atoms with Gasteiger partial charge in [-0.3, -0.25) is 4.57 Å². The number of oxazole rings is 1. The summed E-state index contributed by atoms with van der Waals surface area (Å²) in [6.07, 6.45) is 3.14. The first-order chi connectivity index (χ1) is 11.6. The Balaban J connectivity index is 1.77. The second-order valence-corrected chi connectivity index (χ2v) is 5.97. The molecule has 24 heavy (non-hydrogen) atoms. The number of phenols is 1. The predicted molar refractivity (Wildman–Crippen MR) is 90.1 cm³/mol. The van der Waals surface area contributed by atoms with E-state index >= 15 is 0 Å². The zero-order valence-electron chi connectivity index (χ0n) is 13.3. The lowest BCUT2D eigenvalue weighted by Gasteiger charge is -2.04. The maximum absolute atomic E-state index is 10.4. The van der Waals surface area contributed by atoms with Gasteiger partial charge in [0.25, 0.3) is 0 Å². The second-order valence-electron chi connectivity index (χ2n) is 5.97. The van der Waals surface area contributed by atoms with Crippen LogP contribution in [-0.2, 0) is 0 Å². The zero-order chi connectivity index (χ0) is 16.7. The Bertz CT molecular complexity index is 1000. The van der Waals surface area contributed by atoms with Crippen LogP contribution in [-0.4, -0.2) is 24.9 Å². The van der Waals surface area contributed by atoms with Gasteiger partial charge in [-0.1, -0.05) is 19.9 Å². The van der Waals surface area contributed by atoms with E-state index in [-0.39, 0.29) is 5.75 Å². The van der Waals surface area contributed by atoms with Gasteiger partial charge in [0.1, 0.15) is 23.9 Å². The molecular weight excluding hydrogens is 304 g/mol. The van der Waals surface area contributed by atoms with Crippen molar-refractivity contribution in [1.82, 2.24) is 19.7 Å². The van der Waals surface area contributed by atoms with Gasteiger partial charge in [0.2, 0.25) is 5.89 Å². The Morgan fingerprint density at radius 3 is 2.54 bits per heavy atom. The molecule has 2 aromatic heterocycles. The summed E-state index contributed by atoms with van der Waals surface area (Å²) in [4.78, 5) is 4.52. The number of aromatic hydroxyl groups is 1. The molecular formula is C18H16N4O2. The van der Waals surface area contributed by atoms with Crippen molar-refractivity contribution in [1.29, 1.82) is 0 Å². The predicted octanol–water partition coefficient (Wildman–Crippen LogP) is 3.90. The van der Waals surface area contributed by atoms with Crippen LogP contribution in [0.2, 0.25) is 0 Å². The molecule has 0 atom stereocenters. The molecule has 0 unspecified atom stereocenters. The molecule has 0 amide bonds. The van der Waals surface area contributed by atoms with E-state index in [0.717, 1.165) is 11.2 Å². The van der Waals surface area contributed by atoms with Gasteiger partial charge < -0.3 is 9.52 Å². The van der Waals surface area contributed by atoms with Crippen LogP contribution in [0, 0.1) is 0 Å². The third kappa shape index (κ3) is 2.42. The molecule has 0 spiro atoms. The molecule has 6 heteroatoms. The van der Waals surface area contributed by atoms with Crippen LogP contribution in [0.1, 0.15) is 25.3 Å². The molecule has 0 fully saturated rings. The molecule has 0 aliphatic carbocycles. The van der Waals surface area contributed by atoms with Crippen LogP contribution < -0.4 is 0 Å². The van der Waals surface area contributed by atoms with Crippen molar-refractivity contribution in [3.05, 3.63) is 54.6 Å². The Kier molecular flexibility index (Phi) is 3.30. The van der Waals surface area contributed by atoms with E-state index in [1.165, 1.54) is 5.56 Å². The summed E-state index contributed by atoms with van der Waals surface area (Å²) < 4.78 is 7.51. The molecule has 4 rings (SSSR count). The second kappa shape index (κ2) is 5.49. The number of aromatic nitrogens is 4. The molecule has 6 nitrogen and oxygen atoms in total. The van der Waals surface area contributed by atoms with E-state index in [1.54, 1.807) is 29.4 Å². The highest BCUT2D eigenvalue weighted by atomic mass is 16.3. The van der Waals surface area contributed by atoms with Gasteiger partial charge in [-0.2, -0.15) is 0 Å². The molecule has 0 saturated heterocycles. The number of rotatable bonds is 3. The Hall–Kier alpha value is -3.15. The van der Waals surface area contributed by atoms with Gasteiger partial charge in [0.05, 0.1) is 11.3 Å². The van der Waals surface area contributed by atoms with Gasteiger partial charge in [-0.15, -0.1) is 10.2 Å². The minimum absolute atomic E-state index is 0.0943. The highest BCUT2D eigenvalue weighted by Gasteiger charge is 2.14. The Morgan fingerprint density at radius 2 is 1.83 bits per heavy atom. The van der Waals surface area contributed by atoms with Crippen molar-refractivity contribution in [2.24, 2.45) is 0 Å². The van der Waals surface area contributed by atoms with Crippen molar-refractivity contribution in [3.63, 3.8) is 0 Å². The molecule has 0 bridgehead atoms. The molecule has 0 aliphatic heterocycles. The first kappa shape index (κ1) is 14.4. The van der Waals surface area contributed by atoms with E-state index in [1.807, 2.05) is 24.3 Å². The van der Waals surface area contributed by atoms with Gasteiger partial charge in [-0.25, -0.2) is 4.98 Å². The molecule has 2 aromatic carbocycles. The summed E-state index contributed by atoms with van der Waals surface area (Å²) in [7, 11) is 0. The fraction of sp³-hybridized carbons (Fsp3) is 0.167. The van der Waals surface area contributed by atoms with Crippen LogP contribution in [0.4, 0.5) is 0 Å². The van der Waals surface area contributed by atoms with Gasteiger partial charge >= 0.3 is 0 Å². The first-order valence-corrected chi connectivity index (χ1v) is 7.70. The summed E-state index contributed by atoms with van der Waals surface area (Å²) >= 11 is 0. The monoisotopic (exact) mass is 320 g/mol. The molecule has 120 valence electrons. The first-order valence-electron chi connectivity index (χ1n) is 7.70. The van der Waals surface area contributed by atoms with Crippen molar-refractivity contribution < 1.29 is 9.52 Å². The van der Waals surface area contributed by atoms with Gasteiger partial charge in [0, 0.05) is 6.07 Å². The number of hydrogen-bond donors (Lipinski definition) is 1. The fourth-order valence-electron chi connectivity index (χ4n) is 2.61. The van der Waals surface area contributed by atoms with Gasteiger partial charge in [0.15, 0.2) is 5.58 Å². The zero-order valence-corrected chi connectivity index (χ0v) is 13.3. The van der Waals surface area contributed by atoms with Crippen molar-refractivity contribution in [3.8, 4) is 22.9 Å². The number of benzene rings is 2. The van der Waals surface area contributed by atoms with Crippen molar-refractivity contribution in [2.45, 2.75) is 19.8 Å². The SMILES string of the molecule is CC(C)c1ccc2oc(-c3ccc(-n4cnnc4)cc3O)nc2c1. The maximum Gasteiger partial charge on any atom is 0.231 e. The largest absolute Gasteiger partial charge is 0.507 e. The molecule has 4 aromatic rings. The number of nitrogens with zero attached hydrogens (tertiary/aromatic N) is 4. The third-order valence-electron chi connectivity index (χ3n) is 4.01. The van der Waals surface area contributed by atoms with E-state index in [2.05, 4.69) is 29.0 Å². The average Bonchev–Trinajstić information content (AvgIpc) is 3.23. The maximum atomic E-state index is 10.4. The highest BCUT2D eigenvalue weighted by Crippen LogP contribution is 2.33. The molecule has 0 radical (unpaired) electrons. The molecule has 2 heterocycles. The van der Waals surface area contributed by atoms with Crippen LogP contribution >= 0.6 is 0 Å². The lowest BCUT2D eigenvalue weighted by molar-refractivity contribution is 0.474. The van der Waals surface area contributed by atoms with Crippen molar-refractivity contribution >= 4 is 11.1 Å². The minimum Gasteiger partial charge on any atom is -0.507 e. The van der Waals surface area contributed by atoms with Crippen molar-refractivity contribution in [2.75, 3.05) is 0 Å². The minimum atomic E-state index is 0.0943. The van der Waals surface area contributed by atoms with Crippen LogP contribution in [0.25, 0.3) is 28.2 Å². The topological polar surface area (TPSA) is 77.0 Å². The van der Waals surface area contributed by atoms with E-state index in [0.29, 0.717) is 23.0 Å². The van der Waals surface area contributed by atoms with E-state index < -0.39 is 0 Å². The van der Waals surface area contributed by atoms with Crippen LogP contribution in [0.15, 0.2) is 53.5 Å².